The van der Waals surface area contributed by atoms with Crippen LogP contribution < -0.4 is 0 Å². The third kappa shape index (κ3) is 3.89. The number of hydrogen-bond donors (Lipinski definition) is 0. The van der Waals surface area contributed by atoms with Crippen LogP contribution in [0.2, 0.25) is 0 Å². The number of hydrogen-bond acceptors (Lipinski definition) is 4. The monoisotopic (exact) mass is 361 g/mol. The minimum atomic E-state index is -4.34. The molecule has 10 heteroatoms. The van der Waals surface area contributed by atoms with E-state index in [1.54, 1.807) is 0 Å². The van der Waals surface area contributed by atoms with Gasteiger partial charge in [0.2, 0.25) is 0 Å². The first kappa shape index (κ1) is 16.6. The van der Waals surface area contributed by atoms with Crippen molar-refractivity contribution in [1.82, 2.24) is 4.90 Å². The van der Waals surface area contributed by atoms with Crippen LogP contribution in [0, 0.1) is 5.92 Å². The molecule has 0 spiro atoms. The molecule has 1 unspecified atom stereocenters. The Balaban J connectivity index is 2.15. The van der Waals surface area contributed by atoms with Gasteiger partial charge in [0.15, 0.2) is 0 Å². The number of amides is 1. The molecular formula is C11H11ClF3NO3S2. The summed E-state index contributed by atoms with van der Waals surface area (Å²) in [4.78, 5) is 13.2. The van der Waals surface area contributed by atoms with Crippen molar-refractivity contribution in [2.75, 3.05) is 13.1 Å². The minimum absolute atomic E-state index is 0.00176. The summed E-state index contributed by atoms with van der Waals surface area (Å²) in [6, 6.07) is 1.09. The highest BCUT2D eigenvalue weighted by molar-refractivity contribution is 8.15. The number of rotatable bonds is 2. The molecule has 1 aliphatic heterocycles. The van der Waals surface area contributed by atoms with Crippen molar-refractivity contribution < 1.29 is 26.4 Å². The smallest absolute Gasteiger partial charge is 0.338 e. The van der Waals surface area contributed by atoms with Crippen molar-refractivity contribution in [3.63, 3.8) is 0 Å². The van der Waals surface area contributed by atoms with Gasteiger partial charge >= 0.3 is 6.18 Å². The van der Waals surface area contributed by atoms with Crippen LogP contribution in [-0.4, -0.2) is 38.5 Å². The summed E-state index contributed by atoms with van der Waals surface area (Å²) >= 11 is 0.766. The van der Waals surface area contributed by atoms with Crippen molar-refractivity contribution in [2.45, 2.75) is 23.2 Å². The summed E-state index contributed by atoms with van der Waals surface area (Å²) in [5, 5.41) is 1.29. The number of halogens is 4. The number of piperidine rings is 1. The fraction of sp³-hybridized carbons (Fsp3) is 0.545. The van der Waals surface area contributed by atoms with E-state index in [0.29, 0.717) is 0 Å². The van der Waals surface area contributed by atoms with Gasteiger partial charge in [0, 0.05) is 29.2 Å². The number of carbonyl (C=O) groups excluding carboxylic acids is 1. The van der Waals surface area contributed by atoms with Crippen LogP contribution in [0.25, 0.3) is 0 Å². The van der Waals surface area contributed by atoms with Gasteiger partial charge < -0.3 is 4.90 Å². The van der Waals surface area contributed by atoms with E-state index in [2.05, 4.69) is 0 Å². The maximum absolute atomic E-state index is 12.7. The standard InChI is InChI=1S/C11H11ClF3NO3S2/c12-21(18,19)9-4-7(6-20-9)10(17)16-3-1-2-8(5-16)11(13,14)15/h4,6,8H,1-3,5H2. The molecule has 4 nitrogen and oxygen atoms in total. The highest BCUT2D eigenvalue weighted by Crippen LogP contribution is 2.34. The predicted octanol–water partition coefficient (Wildman–Crippen LogP) is 3.09. The molecule has 1 aromatic rings. The van der Waals surface area contributed by atoms with Gasteiger partial charge in [-0.05, 0) is 18.9 Å². The van der Waals surface area contributed by atoms with Crippen molar-refractivity contribution in [3.8, 4) is 0 Å². The Bertz CT molecular complexity index is 641. The lowest BCUT2D eigenvalue weighted by atomic mass is 9.97. The third-order valence-corrected chi connectivity index (χ3v) is 6.27. The lowest BCUT2D eigenvalue weighted by Crippen LogP contribution is -2.44. The summed E-state index contributed by atoms with van der Waals surface area (Å²) < 4.78 is 60.2. The zero-order valence-electron chi connectivity index (χ0n) is 10.6. The molecule has 118 valence electrons. The van der Waals surface area contributed by atoms with Gasteiger partial charge in [-0.2, -0.15) is 13.2 Å². The zero-order chi connectivity index (χ0) is 15.8. The SMILES string of the molecule is O=C(c1csc(S(=O)(=O)Cl)c1)N1CCCC(C(F)(F)F)C1. The molecule has 1 atom stereocenters. The minimum Gasteiger partial charge on any atom is -0.338 e. The van der Waals surface area contributed by atoms with Gasteiger partial charge in [-0.15, -0.1) is 11.3 Å². The number of likely N-dealkylation sites (tertiary alicyclic amines) is 1. The van der Waals surface area contributed by atoms with E-state index in [-0.39, 0.29) is 29.2 Å². The highest BCUT2D eigenvalue weighted by atomic mass is 35.7. The van der Waals surface area contributed by atoms with Crippen molar-refractivity contribution >= 4 is 37.0 Å². The molecule has 1 amide bonds. The molecule has 1 fully saturated rings. The number of carbonyl (C=O) groups is 1. The molecule has 1 aliphatic rings. The highest BCUT2D eigenvalue weighted by Gasteiger charge is 2.42. The maximum atomic E-state index is 12.7. The first-order valence-electron chi connectivity index (χ1n) is 5.98. The van der Waals surface area contributed by atoms with Crippen molar-refractivity contribution in [1.29, 1.82) is 0 Å². The quantitative estimate of drug-likeness (QED) is 0.761. The van der Waals surface area contributed by atoms with E-state index < -0.39 is 33.6 Å². The first-order chi connectivity index (χ1) is 9.59. The maximum Gasteiger partial charge on any atom is 0.393 e. The van der Waals surface area contributed by atoms with Gasteiger partial charge in [0.1, 0.15) is 4.21 Å². The normalized spacial score (nSPS) is 20.6. The Labute approximate surface area is 127 Å². The Kier molecular flexibility index (Phi) is 4.55. The van der Waals surface area contributed by atoms with E-state index in [4.69, 9.17) is 10.7 Å². The third-order valence-electron chi connectivity index (χ3n) is 3.23. The molecule has 0 radical (unpaired) electrons. The van der Waals surface area contributed by atoms with Crippen LogP contribution in [0.3, 0.4) is 0 Å². The Morgan fingerprint density at radius 3 is 2.62 bits per heavy atom. The molecule has 2 heterocycles. The summed E-state index contributed by atoms with van der Waals surface area (Å²) in [5.74, 6) is -2.14. The second-order valence-corrected chi connectivity index (χ2v) is 8.43. The zero-order valence-corrected chi connectivity index (χ0v) is 12.9. The number of thiophene rings is 1. The molecular weight excluding hydrogens is 351 g/mol. The summed E-state index contributed by atoms with van der Waals surface area (Å²) in [6.45, 7) is -0.175. The van der Waals surface area contributed by atoms with Crippen LogP contribution in [0.4, 0.5) is 13.2 Å². The fourth-order valence-corrected chi connectivity index (χ4v) is 4.11. The van der Waals surface area contributed by atoms with Crippen LogP contribution >= 0.6 is 22.0 Å². The molecule has 0 saturated carbocycles. The summed E-state index contributed by atoms with van der Waals surface area (Å²) in [7, 11) is 1.21. The Morgan fingerprint density at radius 2 is 2.10 bits per heavy atom. The van der Waals surface area contributed by atoms with Gasteiger partial charge in [-0.1, -0.05) is 0 Å². The fourth-order valence-electron chi connectivity index (χ4n) is 2.17. The second-order valence-electron chi connectivity index (χ2n) is 4.72. The van der Waals surface area contributed by atoms with Crippen LogP contribution in [-0.2, 0) is 9.05 Å². The first-order valence-corrected chi connectivity index (χ1v) is 9.17. The Hall–Kier alpha value is -0.800. The van der Waals surface area contributed by atoms with Crippen LogP contribution in [0.15, 0.2) is 15.7 Å². The topological polar surface area (TPSA) is 54.5 Å². The molecule has 0 bridgehead atoms. The lowest BCUT2D eigenvalue weighted by molar-refractivity contribution is -0.184. The number of nitrogens with zero attached hydrogens (tertiary/aromatic N) is 1. The van der Waals surface area contributed by atoms with E-state index >= 15 is 0 Å². The molecule has 0 N–H and O–H groups in total. The van der Waals surface area contributed by atoms with E-state index in [0.717, 1.165) is 22.3 Å². The van der Waals surface area contributed by atoms with Crippen molar-refractivity contribution in [3.05, 3.63) is 17.0 Å². The Morgan fingerprint density at radius 1 is 1.43 bits per heavy atom. The predicted molar refractivity (Wildman–Crippen MR) is 72.0 cm³/mol. The van der Waals surface area contributed by atoms with Gasteiger partial charge in [0.25, 0.3) is 15.0 Å². The van der Waals surface area contributed by atoms with Gasteiger partial charge in [0.05, 0.1) is 11.5 Å². The largest absolute Gasteiger partial charge is 0.393 e. The average molecular weight is 362 g/mol. The lowest BCUT2D eigenvalue weighted by Gasteiger charge is -2.33. The van der Waals surface area contributed by atoms with E-state index in [1.165, 1.54) is 5.38 Å². The molecule has 2 rings (SSSR count). The molecule has 0 aliphatic carbocycles. The molecule has 0 aromatic carbocycles. The molecule has 1 saturated heterocycles. The van der Waals surface area contributed by atoms with E-state index in [9.17, 15) is 26.4 Å². The summed E-state index contributed by atoms with van der Waals surface area (Å²) in [5.41, 5.74) is 0.0436. The summed E-state index contributed by atoms with van der Waals surface area (Å²) in [6.07, 6.45) is -4.07. The molecule has 21 heavy (non-hydrogen) atoms. The van der Waals surface area contributed by atoms with Crippen molar-refractivity contribution in [2.24, 2.45) is 5.92 Å². The van der Waals surface area contributed by atoms with E-state index in [1.807, 2.05) is 0 Å². The average Bonchev–Trinajstić information content (AvgIpc) is 2.86. The second kappa shape index (κ2) is 5.77. The molecule has 1 aromatic heterocycles. The van der Waals surface area contributed by atoms with Crippen LogP contribution in [0.5, 0.6) is 0 Å². The van der Waals surface area contributed by atoms with Gasteiger partial charge in [-0.25, -0.2) is 8.42 Å². The van der Waals surface area contributed by atoms with Crippen LogP contribution in [0.1, 0.15) is 23.2 Å². The van der Waals surface area contributed by atoms with Gasteiger partial charge in [-0.3, -0.25) is 4.79 Å². The number of alkyl halides is 3.